The van der Waals surface area contributed by atoms with Crippen LogP contribution in [0.4, 0.5) is 10.5 Å². The average Bonchev–Trinajstić information content (AvgIpc) is 2.98. The lowest BCUT2D eigenvalue weighted by molar-refractivity contribution is 0.251. The quantitative estimate of drug-likeness (QED) is 0.732. The van der Waals surface area contributed by atoms with Gasteiger partial charge in [0.1, 0.15) is 0 Å². The third-order valence-electron chi connectivity index (χ3n) is 3.58. The van der Waals surface area contributed by atoms with E-state index in [0.29, 0.717) is 29.5 Å². The average molecular weight is 366 g/mol. The van der Waals surface area contributed by atoms with Crippen molar-refractivity contribution in [2.45, 2.75) is 11.7 Å². The molecule has 0 unspecified atom stereocenters. The standard InChI is InChI=1S/C16H22N4O4S/c1-20-11(9-18-16(20)25-5)8-17-15(21)19-10-6-12(22-2)14(24-4)13(7-10)23-3/h6-7,9H,8H2,1-5H3,(H2,17,19,21). The Kier molecular flexibility index (Phi) is 6.40. The molecular weight excluding hydrogens is 344 g/mol. The normalized spacial score (nSPS) is 10.3. The number of rotatable bonds is 7. The molecule has 2 N–H and O–H groups in total. The highest BCUT2D eigenvalue weighted by atomic mass is 32.2. The SMILES string of the molecule is COc1cc(NC(=O)NCc2cnc(SC)n2C)cc(OC)c1OC. The molecule has 8 nitrogen and oxygen atoms in total. The van der Waals surface area contributed by atoms with Gasteiger partial charge < -0.3 is 29.4 Å². The van der Waals surface area contributed by atoms with Crippen LogP contribution in [0.25, 0.3) is 0 Å². The Balaban J connectivity index is 2.06. The fourth-order valence-electron chi connectivity index (χ4n) is 2.28. The number of nitrogens with zero attached hydrogens (tertiary/aromatic N) is 2. The number of carbonyl (C=O) groups excluding carboxylic acids is 1. The van der Waals surface area contributed by atoms with E-state index < -0.39 is 0 Å². The molecule has 136 valence electrons. The highest BCUT2D eigenvalue weighted by molar-refractivity contribution is 7.98. The molecule has 0 saturated heterocycles. The molecule has 1 aromatic heterocycles. The molecular formula is C16H22N4O4S. The van der Waals surface area contributed by atoms with E-state index in [2.05, 4.69) is 15.6 Å². The molecule has 0 aliphatic carbocycles. The van der Waals surface area contributed by atoms with E-state index in [1.54, 1.807) is 30.1 Å². The van der Waals surface area contributed by atoms with Crippen LogP contribution in [0.1, 0.15) is 5.69 Å². The summed E-state index contributed by atoms with van der Waals surface area (Å²) in [7, 11) is 6.48. The molecule has 0 atom stereocenters. The first-order valence-corrected chi connectivity index (χ1v) is 8.66. The van der Waals surface area contributed by atoms with Gasteiger partial charge in [-0.05, 0) is 6.26 Å². The van der Waals surface area contributed by atoms with Gasteiger partial charge in [0.05, 0.1) is 45.5 Å². The van der Waals surface area contributed by atoms with Gasteiger partial charge in [-0.15, -0.1) is 0 Å². The summed E-state index contributed by atoms with van der Waals surface area (Å²) in [5.41, 5.74) is 1.44. The van der Waals surface area contributed by atoms with E-state index in [1.165, 1.54) is 21.3 Å². The second-order valence-electron chi connectivity index (χ2n) is 5.02. The number of methoxy groups -OCH3 is 3. The largest absolute Gasteiger partial charge is 0.493 e. The lowest BCUT2D eigenvalue weighted by atomic mass is 10.2. The number of nitrogens with one attached hydrogen (secondary N) is 2. The molecule has 0 spiro atoms. The molecule has 0 saturated carbocycles. The van der Waals surface area contributed by atoms with E-state index in [-0.39, 0.29) is 6.03 Å². The van der Waals surface area contributed by atoms with E-state index in [9.17, 15) is 4.79 Å². The second kappa shape index (κ2) is 8.52. The number of imidazole rings is 1. The van der Waals surface area contributed by atoms with E-state index >= 15 is 0 Å². The molecule has 2 aromatic rings. The monoisotopic (exact) mass is 366 g/mol. The number of ether oxygens (including phenoxy) is 3. The van der Waals surface area contributed by atoms with Gasteiger partial charge in [0, 0.05) is 19.2 Å². The summed E-state index contributed by atoms with van der Waals surface area (Å²) in [6.45, 7) is 0.361. The zero-order chi connectivity index (χ0) is 18.4. The minimum atomic E-state index is -0.346. The van der Waals surface area contributed by atoms with Crippen LogP contribution >= 0.6 is 11.8 Å². The van der Waals surface area contributed by atoms with Crippen LogP contribution in [0, 0.1) is 0 Å². The number of carbonyl (C=O) groups is 1. The van der Waals surface area contributed by atoms with E-state index in [1.807, 2.05) is 17.9 Å². The topological polar surface area (TPSA) is 86.6 Å². The maximum atomic E-state index is 12.2. The Morgan fingerprint density at radius 2 is 1.84 bits per heavy atom. The van der Waals surface area contributed by atoms with Crippen molar-refractivity contribution < 1.29 is 19.0 Å². The van der Waals surface area contributed by atoms with Crippen LogP contribution in [-0.4, -0.2) is 43.2 Å². The Hall–Kier alpha value is -2.55. The number of aromatic nitrogens is 2. The Morgan fingerprint density at radius 3 is 2.32 bits per heavy atom. The molecule has 0 bridgehead atoms. The molecule has 1 heterocycles. The van der Waals surface area contributed by atoms with Crippen molar-refractivity contribution in [3.63, 3.8) is 0 Å². The first kappa shape index (κ1) is 18.8. The minimum absolute atomic E-state index is 0.346. The van der Waals surface area contributed by atoms with Crippen LogP contribution < -0.4 is 24.8 Å². The van der Waals surface area contributed by atoms with Crippen molar-refractivity contribution in [3.05, 3.63) is 24.0 Å². The van der Waals surface area contributed by atoms with Crippen LogP contribution in [0.3, 0.4) is 0 Å². The molecule has 0 aliphatic heterocycles. The summed E-state index contributed by atoms with van der Waals surface area (Å²) in [6, 6.07) is 2.98. The third kappa shape index (κ3) is 4.30. The van der Waals surface area contributed by atoms with Crippen molar-refractivity contribution in [2.75, 3.05) is 32.9 Å². The molecule has 0 fully saturated rings. The van der Waals surface area contributed by atoms with Crippen molar-refractivity contribution >= 4 is 23.5 Å². The summed E-state index contributed by atoms with van der Waals surface area (Å²) in [4.78, 5) is 16.4. The molecule has 9 heteroatoms. The molecule has 25 heavy (non-hydrogen) atoms. The highest BCUT2D eigenvalue weighted by Crippen LogP contribution is 2.39. The number of benzene rings is 1. The van der Waals surface area contributed by atoms with Gasteiger partial charge in [0.2, 0.25) is 5.75 Å². The van der Waals surface area contributed by atoms with E-state index in [0.717, 1.165) is 10.9 Å². The highest BCUT2D eigenvalue weighted by Gasteiger charge is 2.14. The van der Waals surface area contributed by atoms with Gasteiger partial charge in [-0.3, -0.25) is 0 Å². The summed E-state index contributed by atoms with van der Waals surface area (Å²) >= 11 is 1.55. The summed E-state index contributed by atoms with van der Waals surface area (Å²) in [5.74, 6) is 1.40. The Bertz CT molecular complexity index is 723. The molecule has 2 rings (SSSR count). The summed E-state index contributed by atoms with van der Waals surface area (Å²) in [5, 5.41) is 6.44. The van der Waals surface area contributed by atoms with Gasteiger partial charge in [-0.2, -0.15) is 0 Å². The van der Waals surface area contributed by atoms with E-state index in [4.69, 9.17) is 14.2 Å². The molecule has 2 amide bonds. The fourth-order valence-corrected chi connectivity index (χ4v) is 2.83. The van der Waals surface area contributed by atoms with Crippen molar-refractivity contribution in [1.29, 1.82) is 0 Å². The van der Waals surface area contributed by atoms with Crippen LogP contribution in [0.5, 0.6) is 17.2 Å². The maximum absolute atomic E-state index is 12.2. The summed E-state index contributed by atoms with van der Waals surface area (Å²) < 4.78 is 17.7. The zero-order valence-corrected chi connectivity index (χ0v) is 15.7. The van der Waals surface area contributed by atoms with Gasteiger partial charge in [-0.25, -0.2) is 9.78 Å². The van der Waals surface area contributed by atoms with Crippen molar-refractivity contribution in [2.24, 2.45) is 7.05 Å². The number of urea groups is 1. The number of hydrogen-bond acceptors (Lipinski definition) is 6. The van der Waals surface area contributed by atoms with Gasteiger partial charge >= 0.3 is 6.03 Å². The number of anilines is 1. The summed E-state index contributed by atoms with van der Waals surface area (Å²) in [6.07, 6.45) is 3.70. The molecule has 0 radical (unpaired) electrons. The predicted molar refractivity (Wildman–Crippen MR) is 96.9 cm³/mol. The van der Waals surface area contributed by atoms with Gasteiger partial charge in [0.15, 0.2) is 16.7 Å². The zero-order valence-electron chi connectivity index (χ0n) is 14.9. The molecule has 0 aliphatic rings. The molecule has 1 aromatic carbocycles. The van der Waals surface area contributed by atoms with Crippen molar-refractivity contribution in [3.8, 4) is 17.2 Å². The van der Waals surface area contributed by atoms with Crippen LogP contribution in [0.15, 0.2) is 23.5 Å². The first-order chi connectivity index (χ1) is 12.0. The smallest absolute Gasteiger partial charge is 0.319 e. The predicted octanol–water partition coefficient (Wildman–Crippen LogP) is 2.49. The van der Waals surface area contributed by atoms with Crippen LogP contribution in [0.2, 0.25) is 0 Å². The third-order valence-corrected chi connectivity index (χ3v) is 4.32. The number of hydrogen-bond donors (Lipinski definition) is 2. The minimum Gasteiger partial charge on any atom is -0.493 e. The Labute approximate surface area is 150 Å². The number of thioether (sulfide) groups is 1. The maximum Gasteiger partial charge on any atom is 0.319 e. The first-order valence-electron chi connectivity index (χ1n) is 7.43. The number of amides is 2. The van der Waals surface area contributed by atoms with Crippen molar-refractivity contribution in [1.82, 2.24) is 14.9 Å². The lowest BCUT2D eigenvalue weighted by Gasteiger charge is -2.15. The van der Waals surface area contributed by atoms with Gasteiger partial charge in [0.25, 0.3) is 0 Å². The fraction of sp³-hybridized carbons (Fsp3) is 0.375. The lowest BCUT2D eigenvalue weighted by Crippen LogP contribution is -2.29. The van der Waals surface area contributed by atoms with Gasteiger partial charge in [-0.1, -0.05) is 11.8 Å². The Morgan fingerprint density at radius 1 is 1.20 bits per heavy atom. The second-order valence-corrected chi connectivity index (χ2v) is 5.79. The van der Waals surface area contributed by atoms with Crippen LogP contribution in [-0.2, 0) is 13.6 Å².